The summed E-state index contributed by atoms with van der Waals surface area (Å²) < 4.78 is 13.6. The number of urea groups is 1. The molecular formula is C19H20FN3O2. The summed E-state index contributed by atoms with van der Waals surface area (Å²) in [5.41, 5.74) is 1.51. The van der Waals surface area contributed by atoms with Crippen molar-refractivity contribution in [3.05, 3.63) is 71.5 Å². The van der Waals surface area contributed by atoms with Crippen molar-refractivity contribution in [2.45, 2.75) is 12.5 Å². The van der Waals surface area contributed by atoms with Crippen LogP contribution in [0.25, 0.3) is 0 Å². The molecule has 5 nitrogen and oxygen atoms in total. The van der Waals surface area contributed by atoms with Gasteiger partial charge >= 0.3 is 6.03 Å². The molecule has 1 heterocycles. The highest BCUT2D eigenvalue weighted by atomic mass is 19.1. The molecule has 0 aromatic heterocycles. The van der Waals surface area contributed by atoms with E-state index in [1.54, 1.807) is 12.1 Å². The predicted molar refractivity (Wildman–Crippen MR) is 92.4 cm³/mol. The van der Waals surface area contributed by atoms with Gasteiger partial charge in [0.25, 0.3) is 0 Å². The molecule has 3 amide bonds. The maximum absolute atomic E-state index is 13.6. The minimum atomic E-state index is -0.475. The van der Waals surface area contributed by atoms with Crippen LogP contribution in [0.5, 0.6) is 0 Å². The number of benzene rings is 2. The van der Waals surface area contributed by atoms with Crippen molar-refractivity contribution in [2.24, 2.45) is 0 Å². The van der Waals surface area contributed by atoms with Crippen molar-refractivity contribution in [1.29, 1.82) is 0 Å². The van der Waals surface area contributed by atoms with E-state index >= 15 is 0 Å². The first-order chi connectivity index (χ1) is 12.1. The Hall–Kier alpha value is -2.89. The summed E-state index contributed by atoms with van der Waals surface area (Å²) in [7, 11) is 0. The smallest absolute Gasteiger partial charge is 0.317 e. The zero-order valence-corrected chi connectivity index (χ0v) is 13.7. The Labute approximate surface area is 145 Å². The first-order valence-corrected chi connectivity index (χ1v) is 8.26. The minimum Gasteiger partial charge on any atom is -0.344 e. The third-order valence-corrected chi connectivity index (χ3v) is 4.12. The predicted octanol–water partition coefficient (Wildman–Crippen LogP) is 2.45. The highest BCUT2D eigenvalue weighted by Crippen LogP contribution is 2.22. The Balaban J connectivity index is 1.78. The number of carbonyl (C=O) groups excluding carboxylic acids is 2. The van der Waals surface area contributed by atoms with Gasteiger partial charge < -0.3 is 15.5 Å². The number of halogens is 1. The van der Waals surface area contributed by atoms with Crippen LogP contribution >= 0.6 is 0 Å². The number of carbonyl (C=O) groups is 2. The topological polar surface area (TPSA) is 61.4 Å². The molecule has 0 bridgehead atoms. The Kier molecular flexibility index (Phi) is 5.28. The van der Waals surface area contributed by atoms with Gasteiger partial charge in [-0.2, -0.15) is 0 Å². The molecule has 0 aliphatic carbocycles. The van der Waals surface area contributed by atoms with Crippen LogP contribution < -0.4 is 10.6 Å². The van der Waals surface area contributed by atoms with Gasteiger partial charge in [-0.3, -0.25) is 4.79 Å². The van der Waals surface area contributed by atoms with Crippen LogP contribution in [0.2, 0.25) is 0 Å². The Morgan fingerprint density at radius 3 is 2.64 bits per heavy atom. The van der Waals surface area contributed by atoms with Crippen molar-refractivity contribution < 1.29 is 14.0 Å². The molecule has 2 N–H and O–H groups in total. The van der Waals surface area contributed by atoms with Crippen LogP contribution in [-0.4, -0.2) is 36.5 Å². The molecule has 130 valence electrons. The van der Waals surface area contributed by atoms with Crippen molar-refractivity contribution in [2.75, 3.05) is 19.6 Å². The molecule has 3 rings (SSSR count). The Bertz CT molecular complexity index is 751. The number of amides is 3. The zero-order chi connectivity index (χ0) is 17.6. The lowest BCUT2D eigenvalue weighted by Gasteiger charge is -2.28. The highest BCUT2D eigenvalue weighted by molar-refractivity contribution is 5.84. The van der Waals surface area contributed by atoms with Crippen LogP contribution in [0.4, 0.5) is 9.18 Å². The fourth-order valence-electron chi connectivity index (χ4n) is 2.90. The number of hydrogen-bond acceptors (Lipinski definition) is 2. The maximum atomic E-state index is 13.6. The number of rotatable bonds is 5. The van der Waals surface area contributed by atoms with Crippen molar-refractivity contribution in [1.82, 2.24) is 15.5 Å². The van der Waals surface area contributed by atoms with E-state index in [9.17, 15) is 14.0 Å². The largest absolute Gasteiger partial charge is 0.344 e. The molecule has 2 aromatic carbocycles. The maximum Gasteiger partial charge on any atom is 0.317 e. The number of nitrogens with one attached hydrogen (secondary N) is 2. The lowest BCUT2D eigenvalue weighted by Crippen LogP contribution is -2.50. The van der Waals surface area contributed by atoms with E-state index in [4.69, 9.17) is 0 Å². The molecule has 1 fully saturated rings. The SMILES string of the molecule is O=C(CN1CCCNC1=O)NC(c1ccccc1)c1cccc(F)c1. The third-order valence-electron chi connectivity index (χ3n) is 4.12. The van der Waals surface area contributed by atoms with E-state index in [1.807, 2.05) is 30.3 Å². The van der Waals surface area contributed by atoms with Crippen LogP contribution in [-0.2, 0) is 4.79 Å². The molecule has 1 atom stereocenters. The average molecular weight is 341 g/mol. The summed E-state index contributed by atoms with van der Waals surface area (Å²) in [6.45, 7) is 1.16. The van der Waals surface area contributed by atoms with Crippen LogP contribution in [0, 0.1) is 5.82 Å². The van der Waals surface area contributed by atoms with Crippen LogP contribution in [0.15, 0.2) is 54.6 Å². The summed E-state index contributed by atoms with van der Waals surface area (Å²) in [5.74, 6) is -0.641. The molecule has 1 unspecified atom stereocenters. The second-order valence-corrected chi connectivity index (χ2v) is 5.97. The summed E-state index contributed by atoms with van der Waals surface area (Å²) in [4.78, 5) is 25.7. The fraction of sp³-hybridized carbons (Fsp3) is 0.263. The summed E-state index contributed by atoms with van der Waals surface area (Å²) in [5, 5.41) is 5.64. The van der Waals surface area contributed by atoms with Gasteiger partial charge in [-0.1, -0.05) is 42.5 Å². The molecule has 0 spiro atoms. The van der Waals surface area contributed by atoms with Gasteiger partial charge in [-0.05, 0) is 29.7 Å². The normalized spacial score (nSPS) is 15.4. The molecule has 25 heavy (non-hydrogen) atoms. The second kappa shape index (κ2) is 7.79. The first kappa shape index (κ1) is 17.0. The van der Waals surface area contributed by atoms with Gasteiger partial charge in [0, 0.05) is 13.1 Å². The Morgan fingerprint density at radius 1 is 1.16 bits per heavy atom. The lowest BCUT2D eigenvalue weighted by atomic mass is 9.98. The van der Waals surface area contributed by atoms with Crippen LogP contribution in [0.3, 0.4) is 0 Å². The van der Waals surface area contributed by atoms with Gasteiger partial charge in [-0.25, -0.2) is 9.18 Å². The van der Waals surface area contributed by atoms with Gasteiger partial charge in [0.05, 0.1) is 6.04 Å². The number of nitrogens with zero attached hydrogens (tertiary/aromatic N) is 1. The standard InChI is InChI=1S/C19H20FN3O2/c20-16-9-4-8-15(12-16)18(14-6-2-1-3-7-14)22-17(24)13-23-11-5-10-21-19(23)25/h1-4,6-9,12,18H,5,10-11,13H2,(H,21,25)(H,22,24). The monoisotopic (exact) mass is 341 g/mol. The zero-order valence-electron chi connectivity index (χ0n) is 13.7. The molecule has 1 aliphatic heterocycles. The summed E-state index contributed by atoms with van der Waals surface area (Å²) in [6, 6.07) is 14.8. The van der Waals surface area contributed by atoms with Crippen molar-refractivity contribution in [3.8, 4) is 0 Å². The van der Waals surface area contributed by atoms with E-state index in [-0.39, 0.29) is 24.3 Å². The van der Waals surface area contributed by atoms with Crippen molar-refractivity contribution in [3.63, 3.8) is 0 Å². The summed E-state index contributed by atoms with van der Waals surface area (Å²) in [6.07, 6.45) is 0.811. The van der Waals surface area contributed by atoms with Gasteiger partial charge in [0.1, 0.15) is 12.4 Å². The number of hydrogen-bond donors (Lipinski definition) is 2. The lowest BCUT2D eigenvalue weighted by molar-refractivity contribution is -0.122. The average Bonchev–Trinajstić information content (AvgIpc) is 2.62. The molecule has 6 heteroatoms. The van der Waals surface area contributed by atoms with Gasteiger partial charge in [-0.15, -0.1) is 0 Å². The van der Waals surface area contributed by atoms with E-state index in [2.05, 4.69) is 10.6 Å². The van der Waals surface area contributed by atoms with Gasteiger partial charge in [0.2, 0.25) is 5.91 Å². The van der Waals surface area contributed by atoms with Crippen LogP contribution in [0.1, 0.15) is 23.6 Å². The third kappa shape index (κ3) is 4.35. The first-order valence-electron chi connectivity index (χ1n) is 8.26. The molecule has 0 saturated carbocycles. The van der Waals surface area contributed by atoms with Crippen molar-refractivity contribution >= 4 is 11.9 Å². The molecule has 1 aliphatic rings. The highest BCUT2D eigenvalue weighted by Gasteiger charge is 2.23. The van der Waals surface area contributed by atoms with Gasteiger partial charge in [0.15, 0.2) is 0 Å². The summed E-state index contributed by atoms with van der Waals surface area (Å²) >= 11 is 0. The van der Waals surface area contributed by atoms with E-state index in [1.165, 1.54) is 17.0 Å². The second-order valence-electron chi connectivity index (χ2n) is 5.97. The quantitative estimate of drug-likeness (QED) is 0.877. The Morgan fingerprint density at radius 2 is 1.92 bits per heavy atom. The fourth-order valence-corrected chi connectivity index (χ4v) is 2.90. The molecule has 0 radical (unpaired) electrons. The van der Waals surface area contributed by atoms with E-state index in [0.29, 0.717) is 18.7 Å². The van der Waals surface area contributed by atoms with E-state index < -0.39 is 6.04 Å². The van der Waals surface area contributed by atoms with E-state index in [0.717, 1.165) is 12.0 Å². The molecular weight excluding hydrogens is 321 g/mol. The molecule has 1 saturated heterocycles. The minimum absolute atomic E-state index is 0.0233. The molecule has 2 aromatic rings.